The van der Waals surface area contributed by atoms with Crippen LogP contribution in [0.5, 0.6) is 0 Å². The van der Waals surface area contributed by atoms with Crippen molar-refractivity contribution in [1.29, 1.82) is 0 Å². The first-order valence-corrected chi connectivity index (χ1v) is 6.41. The van der Waals surface area contributed by atoms with E-state index in [4.69, 9.17) is 0 Å². The largest absolute Gasteiger partial charge is 0.333 e. The molecule has 0 bridgehead atoms. The van der Waals surface area contributed by atoms with Crippen LogP contribution in [0.25, 0.3) is 0 Å². The molecule has 1 aromatic rings. The molecule has 0 unspecified atom stereocenters. The average molecular weight is 274 g/mol. The Morgan fingerprint density at radius 2 is 1.85 bits per heavy atom. The minimum Gasteiger partial charge on any atom is -0.333 e. The maximum absolute atomic E-state index is 12.0. The summed E-state index contributed by atoms with van der Waals surface area (Å²) in [5, 5.41) is 2.29. The third-order valence-electron chi connectivity index (χ3n) is 3.14. The van der Waals surface area contributed by atoms with Gasteiger partial charge in [0.15, 0.2) is 0 Å². The van der Waals surface area contributed by atoms with Gasteiger partial charge in [-0.15, -0.1) is 0 Å². The molecule has 6 heteroatoms. The van der Waals surface area contributed by atoms with Crippen LogP contribution in [0.4, 0.5) is 0 Å². The van der Waals surface area contributed by atoms with Gasteiger partial charge >= 0.3 is 11.8 Å². The summed E-state index contributed by atoms with van der Waals surface area (Å²) in [6.07, 6.45) is 0.528. The molecule has 105 valence electrons. The molecule has 0 N–H and O–H groups in total. The Labute approximate surface area is 117 Å². The summed E-state index contributed by atoms with van der Waals surface area (Å²) in [7, 11) is 0. The second-order valence-electron chi connectivity index (χ2n) is 4.34. The van der Waals surface area contributed by atoms with E-state index in [0.717, 1.165) is 15.6 Å². The van der Waals surface area contributed by atoms with Gasteiger partial charge in [-0.3, -0.25) is 14.4 Å². The summed E-state index contributed by atoms with van der Waals surface area (Å²) in [6.45, 7) is 4.56. The molecule has 0 aliphatic carbocycles. The van der Waals surface area contributed by atoms with Crippen LogP contribution in [0, 0.1) is 6.54 Å². The second kappa shape index (κ2) is 6.18. The highest BCUT2D eigenvalue weighted by Gasteiger charge is 2.34. The number of rotatable bonds is 5. The van der Waals surface area contributed by atoms with Crippen LogP contribution < -0.4 is 0 Å². The van der Waals surface area contributed by atoms with Gasteiger partial charge in [-0.1, -0.05) is 30.3 Å². The number of hydrogen-bond donors (Lipinski definition) is 0. The highest BCUT2D eigenvalue weighted by atomic mass is 16.2. The molecule has 1 saturated heterocycles. The van der Waals surface area contributed by atoms with E-state index in [2.05, 4.69) is 0 Å². The maximum atomic E-state index is 12.0. The first-order valence-electron chi connectivity index (χ1n) is 6.41. The molecule has 1 aliphatic heterocycles. The highest BCUT2D eigenvalue weighted by molar-refractivity contribution is 6.35. The standard InChI is InChI=1S/C14H16N3O3/c1-2-15-8-9-17(14(20)13(15)19)16(11-18)10-12-6-4-3-5-7-12/h3-7,10-11H,2,8-9H2,1H3. The Morgan fingerprint density at radius 3 is 2.45 bits per heavy atom. The number of benzene rings is 1. The van der Waals surface area contributed by atoms with Crippen molar-refractivity contribution in [2.75, 3.05) is 19.6 Å². The van der Waals surface area contributed by atoms with Gasteiger partial charge in [0.25, 0.3) is 0 Å². The van der Waals surface area contributed by atoms with Gasteiger partial charge in [0.1, 0.15) is 6.54 Å². The van der Waals surface area contributed by atoms with Crippen molar-refractivity contribution in [3.8, 4) is 0 Å². The fourth-order valence-corrected chi connectivity index (χ4v) is 2.04. The molecular weight excluding hydrogens is 258 g/mol. The summed E-state index contributed by atoms with van der Waals surface area (Å²) in [6, 6.07) is 9.14. The van der Waals surface area contributed by atoms with Crippen molar-refractivity contribution in [2.24, 2.45) is 0 Å². The maximum Gasteiger partial charge on any atom is 0.330 e. The van der Waals surface area contributed by atoms with Crippen molar-refractivity contribution in [2.45, 2.75) is 6.92 Å². The Hall–Kier alpha value is -2.37. The van der Waals surface area contributed by atoms with E-state index in [1.54, 1.807) is 0 Å². The fraction of sp³-hybridized carbons (Fsp3) is 0.286. The van der Waals surface area contributed by atoms with E-state index >= 15 is 0 Å². The van der Waals surface area contributed by atoms with Crippen LogP contribution in [0.1, 0.15) is 12.5 Å². The van der Waals surface area contributed by atoms with Crippen molar-refractivity contribution < 1.29 is 14.4 Å². The van der Waals surface area contributed by atoms with Crippen LogP contribution in [0.15, 0.2) is 30.3 Å². The molecule has 1 radical (unpaired) electrons. The summed E-state index contributed by atoms with van der Waals surface area (Å²) in [5.74, 6) is -1.26. The zero-order chi connectivity index (χ0) is 14.5. The smallest absolute Gasteiger partial charge is 0.330 e. The minimum absolute atomic E-state index is 0.306. The molecule has 1 aliphatic rings. The molecule has 2 rings (SSSR count). The Balaban J connectivity index is 2.10. The van der Waals surface area contributed by atoms with E-state index in [-0.39, 0.29) is 0 Å². The topological polar surface area (TPSA) is 60.9 Å². The quantitative estimate of drug-likeness (QED) is 0.571. The number of hydrazine groups is 1. The molecule has 0 saturated carbocycles. The van der Waals surface area contributed by atoms with Gasteiger partial charge in [0, 0.05) is 13.1 Å². The number of carbonyl (C=O) groups excluding carboxylic acids is 3. The van der Waals surface area contributed by atoms with E-state index in [0.29, 0.717) is 26.0 Å². The average Bonchev–Trinajstić information content (AvgIpc) is 2.49. The SMILES string of the molecule is CCN1CCN(N([CH]c2ccccc2)C=O)C(=O)C1=O. The van der Waals surface area contributed by atoms with Crippen LogP contribution in [-0.2, 0) is 14.4 Å². The number of nitrogens with zero attached hydrogens (tertiary/aromatic N) is 3. The monoisotopic (exact) mass is 274 g/mol. The van der Waals surface area contributed by atoms with Crippen LogP contribution in [0.3, 0.4) is 0 Å². The summed E-state index contributed by atoms with van der Waals surface area (Å²) < 4.78 is 0. The van der Waals surface area contributed by atoms with Crippen molar-refractivity contribution >= 4 is 18.2 Å². The van der Waals surface area contributed by atoms with E-state index in [1.165, 1.54) is 11.4 Å². The van der Waals surface area contributed by atoms with Gasteiger partial charge in [0.05, 0.1) is 6.54 Å². The first kappa shape index (κ1) is 14.0. The number of carbonyl (C=O) groups is 3. The lowest BCUT2D eigenvalue weighted by Gasteiger charge is -2.37. The van der Waals surface area contributed by atoms with Crippen LogP contribution in [0.2, 0.25) is 0 Å². The van der Waals surface area contributed by atoms with Crippen molar-refractivity contribution in [3.05, 3.63) is 42.4 Å². The lowest BCUT2D eigenvalue weighted by atomic mass is 10.2. The van der Waals surface area contributed by atoms with Gasteiger partial charge in [-0.05, 0) is 12.5 Å². The zero-order valence-electron chi connectivity index (χ0n) is 11.2. The summed E-state index contributed by atoms with van der Waals surface area (Å²) in [4.78, 5) is 36.5. The molecule has 1 fully saturated rings. The lowest BCUT2D eigenvalue weighted by Crippen LogP contribution is -2.58. The van der Waals surface area contributed by atoms with Gasteiger partial charge in [0.2, 0.25) is 6.41 Å². The number of hydrogen-bond acceptors (Lipinski definition) is 3. The number of likely N-dealkylation sites (N-methyl/N-ethyl adjacent to an activating group) is 1. The molecule has 3 amide bonds. The normalized spacial score (nSPS) is 15.4. The molecular formula is C14H16N3O3. The first-order chi connectivity index (χ1) is 9.67. The Bertz CT molecular complexity index is 504. The third-order valence-corrected chi connectivity index (χ3v) is 3.14. The number of amides is 3. The fourth-order valence-electron chi connectivity index (χ4n) is 2.04. The molecule has 20 heavy (non-hydrogen) atoms. The minimum atomic E-state index is -0.683. The van der Waals surface area contributed by atoms with E-state index in [1.807, 2.05) is 37.3 Å². The second-order valence-corrected chi connectivity index (χ2v) is 4.34. The molecule has 0 spiro atoms. The number of piperazine rings is 1. The van der Waals surface area contributed by atoms with Gasteiger partial charge < -0.3 is 4.90 Å². The van der Waals surface area contributed by atoms with Gasteiger partial charge in [-0.25, -0.2) is 10.0 Å². The molecule has 0 aromatic heterocycles. The van der Waals surface area contributed by atoms with Crippen molar-refractivity contribution in [3.63, 3.8) is 0 Å². The third kappa shape index (κ3) is 2.79. The molecule has 1 heterocycles. The predicted octanol–water partition coefficient (Wildman–Crippen LogP) is 0.261. The summed E-state index contributed by atoms with van der Waals surface area (Å²) in [5.41, 5.74) is 0.776. The Morgan fingerprint density at radius 1 is 1.15 bits per heavy atom. The highest BCUT2D eigenvalue weighted by Crippen LogP contribution is 2.12. The molecule has 1 aromatic carbocycles. The van der Waals surface area contributed by atoms with Crippen LogP contribution in [-0.4, -0.2) is 52.8 Å². The predicted molar refractivity (Wildman–Crippen MR) is 71.7 cm³/mol. The van der Waals surface area contributed by atoms with Crippen molar-refractivity contribution in [1.82, 2.24) is 14.9 Å². The van der Waals surface area contributed by atoms with E-state index in [9.17, 15) is 14.4 Å². The molecule has 0 atom stereocenters. The van der Waals surface area contributed by atoms with Gasteiger partial charge in [-0.2, -0.15) is 0 Å². The van der Waals surface area contributed by atoms with Crippen LogP contribution >= 0.6 is 0 Å². The zero-order valence-corrected chi connectivity index (χ0v) is 11.2. The Kier molecular flexibility index (Phi) is 4.34. The molecule has 6 nitrogen and oxygen atoms in total. The van der Waals surface area contributed by atoms with E-state index < -0.39 is 11.8 Å². The lowest BCUT2D eigenvalue weighted by molar-refractivity contribution is -0.168. The summed E-state index contributed by atoms with van der Waals surface area (Å²) >= 11 is 0.